The lowest BCUT2D eigenvalue weighted by Crippen LogP contribution is -2.33. The Balaban J connectivity index is 1.59. The number of rotatable bonds is 5. The summed E-state index contributed by atoms with van der Waals surface area (Å²) in [6, 6.07) is 15.6. The number of carbonyl (C=O) groups is 2. The van der Waals surface area contributed by atoms with Crippen LogP contribution in [0.25, 0.3) is 0 Å². The molecule has 1 heterocycles. The van der Waals surface area contributed by atoms with Gasteiger partial charge < -0.3 is 5.32 Å². The number of carbonyl (C=O) groups excluding carboxylic acids is 2. The van der Waals surface area contributed by atoms with Crippen molar-refractivity contribution in [1.82, 2.24) is 4.90 Å². The van der Waals surface area contributed by atoms with E-state index in [1.165, 1.54) is 28.8 Å². The molecule has 0 saturated carbocycles. The second-order valence-corrected chi connectivity index (χ2v) is 7.28. The number of likely N-dealkylation sites (tertiary alicyclic amines) is 1. The molecule has 140 valence electrons. The average Bonchev–Trinajstić information content (AvgIpc) is 2.95. The number of thioether (sulfide) groups is 1. The molecule has 0 bridgehead atoms. The second kappa shape index (κ2) is 8.81. The standard InChI is InChI=1S/C20H20FN3O2S/c1-22-20(23-16-9-7-15(21)8-10-16)27-17-13-18(25)24(19(17)26)12-11-14-5-3-2-4-6-14/h2-10,17H,11-13H2,1H3,(H,22,23)/t17-/m1/s1. The van der Waals surface area contributed by atoms with Gasteiger partial charge in [-0.3, -0.25) is 19.5 Å². The zero-order valence-electron chi connectivity index (χ0n) is 14.9. The summed E-state index contributed by atoms with van der Waals surface area (Å²) >= 11 is 1.22. The smallest absolute Gasteiger partial charge is 0.243 e. The van der Waals surface area contributed by atoms with Crippen LogP contribution in [0, 0.1) is 5.82 Å². The van der Waals surface area contributed by atoms with Crippen molar-refractivity contribution in [3.05, 3.63) is 66.0 Å². The summed E-state index contributed by atoms with van der Waals surface area (Å²) in [4.78, 5) is 30.4. The topological polar surface area (TPSA) is 61.8 Å². The number of nitrogens with zero attached hydrogens (tertiary/aromatic N) is 2. The fourth-order valence-corrected chi connectivity index (χ4v) is 3.80. The molecular formula is C20H20FN3O2S. The summed E-state index contributed by atoms with van der Waals surface area (Å²) in [7, 11) is 1.60. The molecule has 27 heavy (non-hydrogen) atoms. The third-order valence-corrected chi connectivity index (χ3v) is 5.38. The molecule has 0 radical (unpaired) electrons. The molecule has 0 aliphatic carbocycles. The Morgan fingerprint density at radius 1 is 1.19 bits per heavy atom. The van der Waals surface area contributed by atoms with E-state index >= 15 is 0 Å². The van der Waals surface area contributed by atoms with E-state index in [4.69, 9.17) is 0 Å². The Morgan fingerprint density at radius 2 is 1.89 bits per heavy atom. The van der Waals surface area contributed by atoms with E-state index in [9.17, 15) is 14.0 Å². The van der Waals surface area contributed by atoms with Crippen LogP contribution in [0.3, 0.4) is 0 Å². The van der Waals surface area contributed by atoms with Gasteiger partial charge in [-0.2, -0.15) is 0 Å². The van der Waals surface area contributed by atoms with Crippen molar-refractivity contribution < 1.29 is 14.0 Å². The Labute approximate surface area is 161 Å². The molecule has 3 rings (SSSR count). The molecule has 2 aromatic rings. The highest BCUT2D eigenvalue weighted by atomic mass is 32.2. The predicted octanol–water partition coefficient (Wildman–Crippen LogP) is 3.33. The Kier molecular flexibility index (Phi) is 6.24. The van der Waals surface area contributed by atoms with Crippen LogP contribution in [0.15, 0.2) is 59.6 Å². The van der Waals surface area contributed by atoms with Crippen LogP contribution in [0.4, 0.5) is 10.1 Å². The summed E-state index contributed by atoms with van der Waals surface area (Å²) < 4.78 is 13.0. The molecule has 7 heteroatoms. The maximum absolute atomic E-state index is 13.0. The number of hydrogen-bond acceptors (Lipinski definition) is 4. The number of imide groups is 1. The van der Waals surface area contributed by atoms with E-state index in [0.29, 0.717) is 23.8 Å². The van der Waals surface area contributed by atoms with Crippen molar-refractivity contribution >= 4 is 34.4 Å². The Hall–Kier alpha value is -2.67. The normalized spacial score (nSPS) is 17.5. The first-order valence-electron chi connectivity index (χ1n) is 8.61. The minimum atomic E-state index is -0.500. The number of aliphatic imine (C=N–C) groups is 1. The predicted molar refractivity (Wildman–Crippen MR) is 106 cm³/mol. The molecular weight excluding hydrogens is 365 g/mol. The molecule has 1 fully saturated rings. The number of nitrogens with one attached hydrogen (secondary N) is 1. The molecule has 0 unspecified atom stereocenters. The van der Waals surface area contributed by atoms with Gasteiger partial charge in [-0.25, -0.2) is 4.39 Å². The lowest BCUT2D eigenvalue weighted by molar-refractivity contribution is -0.138. The van der Waals surface area contributed by atoms with Crippen LogP contribution < -0.4 is 5.32 Å². The van der Waals surface area contributed by atoms with E-state index in [1.54, 1.807) is 19.2 Å². The van der Waals surface area contributed by atoms with E-state index in [0.717, 1.165) is 5.56 Å². The Morgan fingerprint density at radius 3 is 2.56 bits per heavy atom. The van der Waals surface area contributed by atoms with Crippen LogP contribution in [-0.2, 0) is 16.0 Å². The average molecular weight is 385 g/mol. The van der Waals surface area contributed by atoms with Crippen LogP contribution in [0.2, 0.25) is 0 Å². The SMILES string of the molecule is CN=C(Nc1ccc(F)cc1)S[C@@H]1CC(=O)N(CCc2ccccc2)C1=O. The first-order chi connectivity index (χ1) is 13.1. The van der Waals surface area contributed by atoms with Crippen LogP contribution in [-0.4, -0.2) is 40.7 Å². The highest BCUT2D eigenvalue weighted by Gasteiger charge is 2.39. The Bertz CT molecular complexity index is 840. The fourth-order valence-electron chi connectivity index (χ4n) is 2.79. The van der Waals surface area contributed by atoms with Gasteiger partial charge in [-0.15, -0.1) is 0 Å². The highest BCUT2D eigenvalue weighted by Crippen LogP contribution is 2.27. The van der Waals surface area contributed by atoms with Gasteiger partial charge in [0.05, 0.1) is 0 Å². The molecule has 1 atom stereocenters. The minimum Gasteiger partial charge on any atom is -0.335 e. The summed E-state index contributed by atoms with van der Waals surface area (Å²) in [6.07, 6.45) is 0.792. The zero-order valence-corrected chi connectivity index (χ0v) is 15.7. The van der Waals surface area contributed by atoms with E-state index in [-0.39, 0.29) is 24.1 Å². The molecule has 1 aliphatic heterocycles. The highest BCUT2D eigenvalue weighted by molar-refractivity contribution is 8.15. The number of amidine groups is 1. The molecule has 0 spiro atoms. The van der Waals surface area contributed by atoms with Gasteiger partial charge in [0.15, 0.2) is 5.17 Å². The van der Waals surface area contributed by atoms with Crippen molar-refractivity contribution in [3.8, 4) is 0 Å². The largest absolute Gasteiger partial charge is 0.335 e. The maximum Gasteiger partial charge on any atom is 0.243 e. The number of benzene rings is 2. The van der Waals surface area contributed by atoms with Gasteiger partial charge >= 0.3 is 0 Å². The minimum absolute atomic E-state index is 0.155. The molecule has 1 aliphatic rings. The van der Waals surface area contributed by atoms with Gasteiger partial charge in [0.2, 0.25) is 11.8 Å². The first kappa shape index (κ1) is 19.1. The van der Waals surface area contributed by atoms with E-state index in [2.05, 4.69) is 10.3 Å². The molecule has 1 N–H and O–H groups in total. The van der Waals surface area contributed by atoms with E-state index in [1.807, 2.05) is 30.3 Å². The fraction of sp³-hybridized carbons (Fsp3) is 0.250. The quantitative estimate of drug-likeness (QED) is 0.487. The van der Waals surface area contributed by atoms with Crippen molar-refractivity contribution in [2.45, 2.75) is 18.1 Å². The van der Waals surface area contributed by atoms with Gasteiger partial charge in [0.25, 0.3) is 0 Å². The monoisotopic (exact) mass is 385 g/mol. The first-order valence-corrected chi connectivity index (χ1v) is 9.49. The summed E-state index contributed by atoms with van der Waals surface area (Å²) in [5.41, 5.74) is 1.75. The summed E-state index contributed by atoms with van der Waals surface area (Å²) in [6.45, 7) is 0.378. The second-order valence-electron chi connectivity index (χ2n) is 6.09. The van der Waals surface area contributed by atoms with Crippen LogP contribution >= 0.6 is 11.8 Å². The molecule has 0 aromatic heterocycles. The molecule has 2 amide bonds. The molecule has 2 aromatic carbocycles. The lowest BCUT2D eigenvalue weighted by atomic mass is 10.1. The maximum atomic E-state index is 13.0. The van der Waals surface area contributed by atoms with Gasteiger partial charge in [-0.1, -0.05) is 42.1 Å². The summed E-state index contributed by atoms with van der Waals surface area (Å²) in [5, 5.41) is 3.07. The number of halogens is 1. The lowest BCUT2D eigenvalue weighted by Gasteiger charge is -2.15. The number of amides is 2. The zero-order chi connectivity index (χ0) is 19.2. The van der Waals surface area contributed by atoms with Gasteiger partial charge in [0, 0.05) is 25.7 Å². The van der Waals surface area contributed by atoms with Crippen LogP contribution in [0.1, 0.15) is 12.0 Å². The van der Waals surface area contributed by atoms with Crippen molar-refractivity contribution in [1.29, 1.82) is 0 Å². The molecule has 5 nitrogen and oxygen atoms in total. The molecule has 1 saturated heterocycles. The van der Waals surface area contributed by atoms with Crippen molar-refractivity contribution in [2.75, 3.05) is 18.9 Å². The van der Waals surface area contributed by atoms with Gasteiger partial charge in [-0.05, 0) is 36.2 Å². The third kappa shape index (κ3) is 4.95. The number of anilines is 1. The van der Waals surface area contributed by atoms with Gasteiger partial charge in [0.1, 0.15) is 11.1 Å². The number of hydrogen-bond donors (Lipinski definition) is 1. The van der Waals surface area contributed by atoms with Crippen molar-refractivity contribution in [3.63, 3.8) is 0 Å². The summed E-state index contributed by atoms with van der Waals surface area (Å²) in [5.74, 6) is -0.678. The van der Waals surface area contributed by atoms with Crippen molar-refractivity contribution in [2.24, 2.45) is 4.99 Å². The third-order valence-electron chi connectivity index (χ3n) is 4.22. The van der Waals surface area contributed by atoms with Crippen LogP contribution in [0.5, 0.6) is 0 Å². The van der Waals surface area contributed by atoms with E-state index < -0.39 is 5.25 Å².